The molecule has 0 aliphatic carbocycles. The maximum Gasteiger partial charge on any atom is 0.260 e. The van der Waals surface area contributed by atoms with Crippen LogP contribution in [0.3, 0.4) is 0 Å². The normalized spacial score (nSPS) is 13.8. The Bertz CT molecular complexity index is 913. The number of ketones is 1. The van der Waals surface area contributed by atoms with E-state index in [1.165, 1.54) is 13.0 Å². The topological polar surface area (TPSA) is 73.6 Å². The molecule has 1 amide bonds. The molecule has 7 heteroatoms. The van der Waals surface area contributed by atoms with Crippen LogP contribution < -0.4 is 9.64 Å². The van der Waals surface area contributed by atoms with Crippen molar-refractivity contribution in [1.82, 2.24) is 4.90 Å². The van der Waals surface area contributed by atoms with Crippen LogP contribution in [0.1, 0.15) is 22.8 Å². The Morgan fingerprint density at radius 1 is 1.11 bits per heavy atom. The largest absolute Gasteiger partial charge is 0.484 e. The molecule has 1 saturated heterocycles. The third-order valence-electron chi connectivity index (χ3n) is 4.67. The second-order valence-electron chi connectivity index (χ2n) is 6.52. The van der Waals surface area contributed by atoms with Crippen molar-refractivity contribution in [3.05, 3.63) is 59.4 Å². The van der Waals surface area contributed by atoms with Crippen LogP contribution in [0.15, 0.2) is 42.5 Å². The summed E-state index contributed by atoms with van der Waals surface area (Å²) in [6, 6.07) is 13.1. The third-order valence-corrected chi connectivity index (χ3v) is 4.67. The van der Waals surface area contributed by atoms with Gasteiger partial charge in [-0.3, -0.25) is 9.59 Å². The summed E-state index contributed by atoms with van der Waals surface area (Å²) in [7, 11) is 0. The molecule has 6 nitrogen and oxygen atoms in total. The van der Waals surface area contributed by atoms with Gasteiger partial charge in [0.05, 0.1) is 17.3 Å². The summed E-state index contributed by atoms with van der Waals surface area (Å²) < 4.78 is 19.8. The number of rotatable bonds is 5. The molecule has 0 radical (unpaired) electrons. The molecular weight excluding hydrogens is 361 g/mol. The maximum atomic E-state index is 14.3. The molecule has 2 aromatic carbocycles. The smallest absolute Gasteiger partial charge is 0.260 e. The molecule has 1 fully saturated rings. The summed E-state index contributed by atoms with van der Waals surface area (Å²) >= 11 is 0. The van der Waals surface area contributed by atoms with Crippen LogP contribution in [0.25, 0.3) is 0 Å². The lowest BCUT2D eigenvalue weighted by molar-refractivity contribution is -0.133. The van der Waals surface area contributed by atoms with Gasteiger partial charge in [0.1, 0.15) is 11.6 Å². The second-order valence-corrected chi connectivity index (χ2v) is 6.52. The molecule has 1 aliphatic rings. The van der Waals surface area contributed by atoms with Crippen LogP contribution in [0.5, 0.6) is 5.75 Å². The Morgan fingerprint density at radius 3 is 2.36 bits per heavy atom. The highest BCUT2D eigenvalue weighted by Gasteiger charge is 2.23. The lowest BCUT2D eigenvalue weighted by atomic mass is 10.1. The Balaban J connectivity index is 1.52. The van der Waals surface area contributed by atoms with Gasteiger partial charge in [-0.2, -0.15) is 5.26 Å². The van der Waals surface area contributed by atoms with E-state index in [1.54, 1.807) is 41.3 Å². The highest BCUT2D eigenvalue weighted by molar-refractivity contribution is 5.94. The van der Waals surface area contributed by atoms with E-state index in [2.05, 4.69) is 0 Å². The number of nitrogens with zero attached hydrogens (tertiary/aromatic N) is 3. The molecule has 1 heterocycles. The SMILES string of the molecule is CC(=O)c1ccc(N2CCN(C(=O)COc3ccc(C#N)cc3)CC2)c(F)c1. The number of hydrogen-bond acceptors (Lipinski definition) is 5. The molecule has 0 spiro atoms. The Morgan fingerprint density at radius 2 is 1.79 bits per heavy atom. The lowest BCUT2D eigenvalue weighted by Gasteiger charge is -2.36. The summed E-state index contributed by atoms with van der Waals surface area (Å²) in [6.07, 6.45) is 0. The van der Waals surface area contributed by atoms with E-state index in [9.17, 15) is 14.0 Å². The first kappa shape index (κ1) is 19.4. The monoisotopic (exact) mass is 381 g/mol. The molecular formula is C21H20FN3O3. The van der Waals surface area contributed by atoms with Crippen molar-refractivity contribution >= 4 is 17.4 Å². The van der Waals surface area contributed by atoms with Crippen molar-refractivity contribution in [3.8, 4) is 11.8 Å². The summed E-state index contributed by atoms with van der Waals surface area (Å²) in [4.78, 5) is 27.2. The number of hydrogen-bond donors (Lipinski definition) is 0. The van der Waals surface area contributed by atoms with Gasteiger partial charge in [0, 0.05) is 31.7 Å². The molecule has 0 atom stereocenters. The molecule has 2 aromatic rings. The molecule has 0 N–H and O–H groups in total. The second kappa shape index (κ2) is 8.53. The molecule has 0 unspecified atom stereocenters. The number of amides is 1. The number of nitriles is 1. The van der Waals surface area contributed by atoms with E-state index < -0.39 is 5.82 Å². The molecule has 3 rings (SSSR count). The van der Waals surface area contributed by atoms with Crippen LogP contribution in [0, 0.1) is 17.1 Å². The fourth-order valence-electron chi connectivity index (χ4n) is 3.04. The van der Waals surface area contributed by atoms with Crippen molar-refractivity contribution in [1.29, 1.82) is 5.26 Å². The van der Waals surface area contributed by atoms with Gasteiger partial charge in [-0.05, 0) is 49.4 Å². The molecule has 0 bridgehead atoms. The van der Waals surface area contributed by atoms with Gasteiger partial charge in [0.15, 0.2) is 12.4 Å². The van der Waals surface area contributed by atoms with Crippen molar-refractivity contribution < 1.29 is 18.7 Å². The number of carbonyl (C=O) groups is 2. The molecule has 1 aliphatic heterocycles. The number of halogens is 1. The molecule has 28 heavy (non-hydrogen) atoms. The maximum absolute atomic E-state index is 14.3. The van der Waals surface area contributed by atoms with Gasteiger partial charge >= 0.3 is 0 Å². The Hall–Kier alpha value is -3.40. The average Bonchev–Trinajstić information content (AvgIpc) is 2.72. The first-order chi connectivity index (χ1) is 13.5. The van der Waals surface area contributed by atoms with Crippen LogP contribution in [0.2, 0.25) is 0 Å². The molecule has 0 saturated carbocycles. The minimum Gasteiger partial charge on any atom is -0.484 e. The number of anilines is 1. The van der Waals surface area contributed by atoms with Crippen LogP contribution in [-0.2, 0) is 4.79 Å². The lowest BCUT2D eigenvalue weighted by Crippen LogP contribution is -2.50. The van der Waals surface area contributed by atoms with E-state index >= 15 is 0 Å². The minimum atomic E-state index is -0.434. The van der Waals surface area contributed by atoms with E-state index in [0.29, 0.717) is 48.7 Å². The van der Waals surface area contributed by atoms with Gasteiger partial charge in [-0.1, -0.05) is 0 Å². The number of benzene rings is 2. The summed E-state index contributed by atoms with van der Waals surface area (Å²) in [5, 5.41) is 8.78. The first-order valence-electron chi connectivity index (χ1n) is 8.94. The van der Waals surface area contributed by atoms with Gasteiger partial charge in [0.2, 0.25) is 0 Å². The highest BCUT2D eigenvalue weighted by atomic mass is 19.1. The minimum absolute atomic E-state index is 0.0897. The molecule has 0 aromatic heterocycles. The fraction of sp³-hybridized carbons (Fsp3) is 0.286. The summed E-state index contributed by atoms with van der Waals surface area (Å²) in [6.45, 7) is 3.23. The van der Waals surface area contributed by atoms with Crippen molar-refractivity contribution in [2.24, 2.45) is 0 Å². The number of ether oxygens (including phenoxy) is 1. The number of carbonyl (C=O) groups excluding carboxylic acids is 2. The zero-order valence-corrected chi connectivity index (χ0v) is 15.5. The summed E-state index contributed by atoms with van der Waals surface area (Å²) in [5.74, 6) is -0.227. The predicted octanol–water partition coefficient (Wildman–Crippen LogP) is 2.63. The zero-order chi connectivity index (χ0) is 20.1. The third kappa shape index (κ3) is 4.46. The van der Waals surface area contributed by atoms with E-state index in [-0.39, 0.29) is 18.3 Å². The molecule has 144 valence electrons. The summed E-state index contributed by atoms with van der Waals surface area (Å²) in [5.41, 5.74) is 1.30. The van der Waals surface area contributed by atoms with Crippen molar-refractivity contribution in [2.75, 3.05) is 37.7 Å². The quantitative estimate of drug-likeness (QED) is 0.745. The van der Waals surface area contributed by atoms with Gasteiger partial charge in [0.25, 0.3) is 5.91 Å². The van der Waals surface area contributed by atoms with E-state index in [0.717, 1.165) is 0 Å². The number of piperazine rings is 1. The fourth-order valence-corrected chi connectivity index (χ4v) is 3.04. The van der Waals surface area contributed by atoms with E-state index in [4.69, 9.17) is 10.00 Å². The van der Waals surface area contributed by atoms with E-state index in [1.807, 2.05) is 11.0 Å². The van der Waals surface area contributed by atoms with Crippen LogP contribution in [0.4, 0.5) is 10.1 Å². The Kier molecular flexibility index (Phi) is 5.90. The zero-order valence-electron chi connectivity index (χ0n) is 15.5. The van der Waals surface area contributed by atoms with Crippen LogP contribution >= 0.6 is 0 Å². The average molecular weight is 381 g/mol. The standard InChI is InChI=1S/C21H20FN3O3/c1-15(26)17-4-7-20(19(22)12-17)24-8-10-25(11-9-24)21(27)14-28-18-5-2-16(13-23)3-6-18/h2-7,12H,8-11,14H2,1H3. The van der Waals surface area contributed by atoms with Gasteiger partial charge in [-0.25, -0.2) is 4.39 Å². The van der Waals surface area contributed by atoms with Crippen molar-refractivity contribution in [3.63, 3.8) is 0 Å². The highest BCUT2D eigenvalue weighted by Crippen LogP contribution is 2.22. The predicted molar refractivity (Wildman–Crippen MR) is 102 cm³/mol. The van der Waals surface area contributed by atoms with Crippen LogP contribution in [-0.4, -0.2) is 49.4 Å². The first-order valence-corrected chi connectivity index (χ1v) is 8.94. The Labute approximate surface area is 162 Å². The van der Waals surface area contributed by atoms with Gasteiger partial charge in [-0.15, -0.1) is 0 Å². The number of Topliss-reactive ketones (excluding diaryl/α,β-unsaturated/α-hetero) is 1. The van der Waals surface area contributed by atoms with Crippen molar-refractivity contribution in [2.45, 2.75) is 6.92 Å². The van der Waals surface area contributed by atoms with Gasteiger partial charge < -0.3 is 14.5 Å².